The summed E-state index contributed by atoms with van der Waals surface area (Å²) in [5, 5.41) is 3.79. The lowest BCUT2D eigenvalue weighted by atomic mass is 9.70. The summed E-state index contributed by atoms with van der Waals surface area (Å²) in [4.78, 5) is 2.83. The van der Waals surface area contributed by atoms with Crippen LogP contribution in [0.3, 0.4) is 0 Å². The van der Waals surface area contributed by atoms with Gasteiger partial charge < -0.3 is 5.32 Å². The van der Waals surface area contributed by atoms with Crippen LogP contribution in [0.4, 0.5) is 0 Å². The van der Waals surface area contributed by atoms with E-state index in [9.17, 15) is 0 Å². The monoisotopic (exact) mass is 294 g/mol. The van der Waals surface area contributed by atoms with Gasteiger partial charge in [-0.05, 0) is 62.4 Å². The Morgan fingerprint density at radius 1 is 1.14 bits per heavy atom. The molecule has 0 aromatic carbocycles. The molecule has 2 fully saturated rings. The Morgan fingerprint density at radius 2 is 1.81 bits per heavy atom. The van der Waals surface area contributed by atoms with Crippen LogP contribution in [0.2, 0.25) is 0 Å². The van der Waals surface area contributed by atoms with Crippen molar-refractivity contribution in [2.45, 2.75) is 78.7 Å². The molecule has 1 N–H and O–H groups in total. The van der Waals surface area contributed by atoms with Gasteiger partial charge in [0.25, 0.3) is 0 Å². The van der Waals surface area contributed by atoms with Crippen molar-refractivity contribution in [1.29, 1.82) is 0 Å². The van der Waals surface area contributed by atoms with Crippen molar-refractivity contribution < 1.29 is 0 Å². The summed E-state index contributed by atoms with van der Waals surface area (Å²) in [6.45, 7) is 14.5. The zero-order valence-electron chi connectivity index (χ0n) is 15.0. The summed E-state index contributed by atoms with van der Waals surface area (Å²) in [6, 6.07) is 0.922. The van der Waals surface area contributed by atoms with E-state index in [1.165, 1.54) is 71.1 Å². The minimum Gasteiger partial charge on any atom is -0.316 e. The van der Waals surface area contributed by atoms with Crippen molar-refractivity contribution in [3.05, 3.63) is 0 Å². The number of nitrogens with one attached hydrogen (secondary N) is 1. The first kappa shape index (κ1) is 17.3. The maximum absolute atomic E-state index is 3.79. The van der Waals surface area contributed by atoms with Crippen LogP contribution in [0.5, 0.6) is 0 Å². The van der Waals surface area contributed by atoms with E-state index in [1.54, 1.807) is 0 Å². The van der Waals surface area contributed by atoms with Gasteiger partial charge in [0.05, 0.1) is 0 Å². The fourth-order valence-electron chi connectivity index (χ4n) is 3.94. The van der Waals surface area contributed by atoms with Gasteiger partial charge in [0.2, 0.25) is 0 Å². The number of hydrogen-bond acceptors (Lipinski definition) is 2. The fourth-order valence-corrected chi connectivity index (χ4v) is 3.94. The molecule has 0 spiro atoms. The highest BCUT2D eigenvalue weighted by molar-refractivity contribution is 4.93. The molecule has 0 aromatic heterocycles. The lowest BCUT2D eigenvalue weighted by Gasteiger charge is -2.43. The van der Waals surface area contributed by atoms with Crippen molar-refractivity contribution >= 4 is 0 Å². The molecule has 0 atom stereocenters. The van der Waals surface area contributed by atoms with E-state index in [2.05, 4.69) is 37.9 Å². The van der Waals surface area contributed by atoms with Crippen LogP contribution in [0, 0.1) is 17.3 Å². The van der Waals surface area contributed by atoms with Crippen LogP contribution < -0.4 is 5.32 Å². The highest BCUT2D eigenvalue weighted by Crippen LogP contribution is 2.41. The Bertz CT molecular complexity index is 288. The Labute approximate surface area is 133 Å². The Balaban J connectivity index is 1.93. The molecular weight excluding hydrogens is 256 g/mol. The van der Waals surface area contributed by atoms with Gasteiger partial charge in [-0.1, -0.05) is 40.5 Å². The van der Waals surface area contributed by atoms with Crippen molar-refractivity contribution in [3.63, 3.8) is 0 Å². The summed E-state index contributed by atoms with van der Waals surface area (Å²) in [5.74, 6) is 1.71. The lowest BCUT2D eigenvalue weighted by Crippen LogP contribution is -2.47. The predicted octanol–water partition coefficient (Wildman–Crippen LogP) is 4.30. The van der Waals surface area contributed by atoms with Gasteiger partial charge in [0.1, 0.15) is 0 Å². The maximum Gasteiger partial charge on any atom is 0.00966 e. The molecule has 0 radical (unpaired) electrons. The van der Waals surface area contributed by atoms with E-state index in [1.807, 2.05) is 0 Å². The summed E-state index contributed by atoms with van der Waals surface area (Å²) < 4.78 is 0. The SMILES string of the molecule is CCCN(CC1(CNCC(C)C)CCC(C)CC1)C1CC1. The average molecular weight is 295 g/mol. The smallest absolute Gasteiger partial charge is 0.00966 e. The van der Waals surface area contributed by atoms with Gasteiger partial charge in [-0.25, -0.2) is 0 Å². The second kappa shape index (κ2) is 7.97. The van der Waals surface area contributed by atoms with Crippen LogP contribution in [-0.4, -0.2) is 37.1 Å². The Morgan fingerprint density at radius 3 is 2.33 bits per heavy atom. The van der Waals surface area contributed by atoms with Crippen molar-refractivity contribution in [2.24, 2.45) is 17.3 Å². The van der Waals surface area contributed by atoms with Crippen molar-refractivity contribution in [3.8, 4) is 0 Å². The molecule has 124 valence electrons. The molecular formula is C19H38N2. The molecule has 0 heterocycles. The van der Waals surface area contributed by atoms with Gasteiger partial charge in [0, 0.05) is 19.1 Å². The van der Waals surface area contributed by atoms with E-state index in [0.29, 0.717) is 5.41 Å². The van der Waals surface area contributed by atoms with Crippen LogP contribution in [0.15, 0.2) is 0 Å². The molecule has 2 rings (SSSR count). The van der Waals surface area contributed by atoms with Crippen LogP contribution in [0.1, 0.15) is 72.6 Å². The summed E-state index contributed by atoms with van der Waals surface area (Å²) >= 11 is 0. The second-order valence-electron chi connectivity index (χ2n) is 8.41. The molecule has 2 aliphatic rings. The second-order valence-corrected chi connectivity index (χ2v) is 8.41. The van der Waals surface area contributed by atoms with E-state index in [-0.39, 0.29) is 0 Å². The number of nitrogens with zero attached hydrogens (tertiary/aromatic N) is 1. The third-order valence-electron chi connectivity index (χ3n) is 5.50. The van der Waals surface area contributed by atoms with Gasteiger partial charge >= 0.3 is 0 Å². The summed E-state index contributed by atoms with van der Waals surface area (Å²) in [6.07, 6.45) is 9.96. The zero-order valence-corrected chi connectivity index (χ0v) is 15.0. The minimum atomic E-state index is 0.555. The maximum atomic E-state index is 3.79. The molecule has 21 heavy (non-hydrogen) atoms. The largest absolute Gasteiger partial charge is 0.316 e. The molecule has 0 bridgehead atoms. The van der Waals surface area contributed by atoms with E-state index in [4.69, 9.17) is 0 Å². The molecule has 2 nitrogen and oxygen atoms in total. The minimum absolute atomic E-state index is 0.555. The number of rotatable bonds is 9. The Kier molecular flexibility index (Phi) is 6.55. The topological polar surface area (TPSA) is 15.3 Å². The zero-order chi connectivity index (χ0) is 15.3. The molecule has 0 amide bonds. The quantitative estimate of drug-likeness (QED) is 0.682. The fraction of sp³-hybridized carbons (Fsp3) is 1.00. The third kappa shape index (κ3) is 5.56. The van der Waals surface area contributed by atoms with Gasteiger partial charge in [0.15, 0.2) is 0 Å². The van der Waals surface area contributed by atoms with Gasteiger partial charge in [-0.3, -0.25) is 4.90 Å². The van der Waals surface area contributed by atoms with E-state index in [0.717, 1.165) is 17.9 Å². The molecule has 2 saturated carbocycles. The molecule has 0 aliphatic heterocycles. The normalized spacial score (nSPS) is 30.3. The standard InChI is InChI=1S/C19H38N2/c1-5-12-21(18-6-7-18)15-19(14-20-13-16(2)3)10-8-17(4)9-11-19/h16-18,20H,5-15H2,1-4H3. The molecule has 2 aliphatic carbocycles. The van der Waals surface area contributed by atoms with Gasteiger partial charge in [-0.15, -0.1) is 0 Å². The molecule has 0 saturated heterocycles. The third-order valence-corrected chi connectivity index (χ3v) is 5.50. The first-order chi connectivity index (χ1) is 10.0. The summed E-state index contributed by atoms with van der Waals surface area (Å²) in [7, 11) is 0. The Hall–Kier alpha value is -0.0800. The van der Waals surface area contributed by atoms with E-state index < -0.39 is 0 Å². The lowest BCUT2D eigenvalue weighted by molar-refractivity contribution is 0.0814. The van der Waals surface area contributed by atoms with Crippen LogP contribution in [0.25, 0.3) is 0 Å². The molecule has 2 heteroatoms. The van der Waals surface area contributed by atoms with Crippen molar-refractivity contribution in [2.75, 3.05) is 26.2 Å². The summed E-state index contributed by atoms with van der Waals surface area (Å²) in [5.41, 5.74) is 0.555. The molecule has 0 unspecified atom stereocenters. The first-order valence-corrected chi connectivity index (χ1v) is 9.49. The predicted molar refractivity (Wildman–Crippen MR) is 92.7 cm³/mol. The van der Waals surface area contributed by atoms with Crippen molar-refractivity contribution in [1.82, 2.24) is 10.2 Å². The van der Waals surface area contributed by atoms with E-state index >= 15 is 0 Å². The highest BCUT2D eigenvalue weighted by Gasteiger charge is 2.39. The first-order valence-electron chi connectivity index (χ1n) is 9.49. The van der Waals surface area contributed by atoms with Gasteiger partial charge in [-0.2, -0.15) is 0 Å². The number of hydrogen-bond donors (Lipinski definition) is 1. The highest BCUT2D eigenvalue weighted by atomic mass is 15.2. The average Bonchev–Trinajstić information content (AvgIpc) is 3.26. The van der Waals surface area contributed by atoms with Crippen LogP contribution in [-0.2, 0) is 0 Å². The van der Waals surface area contributed by atoms with Crippen LogP contribution >= 0.6 is 0 Å². The molecule has 0 aromatic rings.